The molecule has 43 heavy (non-hydrogen) atoms. The molecule has 0 N–H and O–H groups in total. The van der Waals surface area contributed by atoms with Crippen molar-refractivity contribution in [2.45, 2.75) is 51.5 Å². The van der Waals surface area contributed by atoms with Gasteiger partial charge in [0.15, 0.2) is 7.05 Å². The fraction of sp³-hybridized carbons (Fsp3) is 0.294. The average molecular weight is 635 g/mol. The van der Waals surface area contributed by atoms with Gasteiger partial charge in [0, 0.05) is 29.7 Å². The third-order valence-electron chi connectivity index (χ3n) is 8.77. The Morgan fingerprint density at radius 3 is 2.30 bits per heavy atom. The number of halogens is 3. The van der Waals surface area contributed by atoms with Gasteiger partial charge >= 0.3 is 0 Å². The number of hydrogen-bond acceptors (Lipinski definition) is 3. The van der Waals surface area contributed by atoms with E-state index >= 15 is 0 Å². The molecule has 0 amide bonds. The van der Waals surface area contributed by atoms with Crippen LogP contribution < -0.4 is 4.68 Å². The van der Waals surface area contributed by atoms with Gasteiger partial charge in [-0.05, 0) is 56.7 Å². The Morgan fingerprint density at radius 1 is 0.930 bits per heavy atom. The van der Waals surface area contributed by atoms with Crippen LogP contribution in [-0.2, 0) is 43.1 Å². The first kappa shape index (κ1) is 29.6. The number of fused-ring (bicyclic) bond motifs is 2. The fourth-order valence-corrected chi connectivity index (χ4v) is 7.59. The summed E-state index contributed by atoms with van der Waals surface area (Å²) < 4.78 is 6.32. The molecular weight excluding hydrogens is 603 g/mol. The molecule has 0 radical (unpaired) electrons. The number of carbonyl (C=O) groups excluding carboxylic acids is 2. The minimum Gasteiger partial charge on any atom is -0.298 e. The number of carbonyl (C=O) groups is 2. The van der Waals surface area contributed by atoms with Crippen molar-refractivity contribution in [3.63, 3.8) is 0 Å². The highest BCUT2D eigenvalue weighted by molar-refractivity contribution is 6.51. The fourth-order valence-electron chi connectivity index (χ4n) is 6.70. The Morgan fingerprint density at radius 2 is 1.60 bits per heavy atom. The smallest absolute Gasteiger partial charge is 0.248 e. The molecule has 2 aromatic heterocycles. The van der Waals surface area contributed by atoms with Crippen molar-refractivity contribution < 1.29 is 14.3 Å². The monoisotopic (exact) mass is 633 g/mol. The second-order valence-corrected chi connectivity index (χ2v) is 12.5. The Balaban J connectivity index is 1.50. The van der Waals surface area contributed by atoms with Crippen molar-refractivity contribution in [2.24, 2.45) is 14.1 Å². The molecule has 0 saturated heterocycles. The molecule has 6 nitrogen and oxygen atoms in total. The van der Waals surface area contributed by atoms with E-state index in [9.17, 15) is 9.59 Å². The van der Waals surface area contributed by atoms with Gasteiger partial charge in [0.25, 0.3) is 0 Å². The van der Waals surface area contributed by atoms with E-state index in [1.54, 1.807) is 0 Å². The van der Waals surface area contributed by atoms with Gasteiger partial charge in [0.1, 0.15) is 12.6 Å². The lowest BCUT2D eigenvalue weighted by atomic mass is 9.86. The Labute approximate surface area is 266 Å². The Bertz CT molecular complexity index is 1830. The van der Waals surface area contributed by atoms with Gasteiger partial charge in [-0.25, -0.2) is 0 Å². The number of aryl methyl sites for hydroxylation is 3. The molecule has 4 aromatic rings. The van der Waals surface area contributed by atoms with Crippen molar-refractivity contribution in [1.29, 1.82) is 0 Å². The molecule has 0 fully saturated rings. The summed E-state index contributed by atoms with van der Waals surface area (Å²) in [7, 11) is 3.98. The van der Waals surface area contributed by atoms with E-state index in [-0.39, 0.29) is 5.92 Å². The zero-order valence-corrected chi connectivity index (χ0v) is 26.6. The number of benzene rings is 2. The molecule has 6 rings (SSSR count). The summed E-state index contributed by atoms with van der Waals surface area (Å²) in [6.07, 6.45) is 5.00. The molecule has 2 aliphatic carbocycles. The van der Waals surface area contributed by atoms with Crippen LogP contribution in [0.1, 0.15) is 64.5 Å². The molecule has 2 aliphatic rings. The van der Waals surface area contributed by atoms with E-state index in [1.807, 2.05) is 56.0 Å². The SMILES string of the molecule is Cc1ccc(Cl)c(-c2c3c(n(CCC(c4ccccc4)c4c5c(nn4C)CCC(C=O)=C5Cl)[n+]2C)CCC(C=O)=C3Cl)c1. The van der Waals surface area contributed by atoms with Gasteiger partial charge in [0.05, 0.1) is 49.8 Å². The second-order valence-electron chi connectivity index (χ2n) is 11.3. The van der Waals surface area contributed by atoms with Crippen LogP contribution in [0.15, 0.2) is 59.7 Å². The lowest BCUT2D eigenvalue weighted by Gasteiger charge is -2.22. The van der Waals surface area contributed by atoms with Crippen molar-refractivity contribution >= 4 is 57.4 Å². The summed E-state index contributed by atoms with van der Waals surface area (Å²) in [6, 6.07) is 16.3. The standard InChI is InChI=1S/C34H32Cl3N4O2/c1-20-9-12-26(35)25(17-20)34-30-28(14-11-23(19-43)32(30)37)41(40(34)3)16-15-24(21-7-5-4-6-8-21)33-29-27(38-39(33)2)13-10-22(18-42)31(29)36/h4-9,12,17-19,24H,10-11,13-16H2,1-3H3/q+1. The highest BCUT2D eigenvalue weighted by atomic mass is 35.5. The summed E-state index contributed by atoms with van der Waals surface area (Å²) in [5.41, 5.74) is 9.95. The van der Waals surface area contributed by atoms with Gasteiger partial charge in [0.2, 0.25) is 5.69 Å². The first-order valence-corrected chi connectivity index (χ1v) is 15.6. The zero-order chi connectivity index (χ0) is 30.4. The number of allylic oxidation sites excluding steroid dienone is 2. The maximum atomic E-state index is 11.9. The number of nitrogens with zero attached hydrogens (tertiary/aromatic N) is 4. The summed E-state index contributed by atoms with van der Waals surface area (Å²) in [5, 5.41) is 6.45. The van der Waals surface area contributed by atoms with Crippen LogP contribution in [0, 0.1) is 6.92 Å². The quantitative estimate of drug-likeness (QED) is 0.154. The summed E-state index contributed by atoms with van der Waals surface area (Å²) in [6.45, 7) is 2.69. The lowest BCUT2D eigenvalue weighted by molar-refractivity contribution is -0.744. The largest absolute Gasteiger partial charge is 0.298 e. The van der Waals surface area contributed by atoms with E-state index in [2.05, 4.69) is 27.6 Å². The van der Waals surface area contributed by atoms with E-state index in [1.165, 1.54) is 0 Å². The number of aromatic nitrogens is 4. The molecule has 0 bridgehead atoms. The van der Waals surface area contributed by atoms with Crippen LogP contribution in [0.3, 0.4) is 0 Å². The molecule has 220 valence electrons. The Kier molecular flexibility index (Phi) is 8.20. The van der Waals surface area contributed by atoms with Crippen LogP contribution >= 0.6 is 34.8 Å². The predicted octanol–water partition coefficient (Wildman–Crippen LogP) is 7.09. The molecule has 9 heteroatoms. The minimum atomic E-state index is -0.0496. The van der Waals surface area contributed by atoms with E-state index in [0.717, 1.165) is 69.6 Å². The van der Waals surface area contributed by atoms with Crippen LogP contribution in [0.25, 0.3) is 21.3 Å². The topological polar surface area (TPSA) is 60.8 Å². The summed E-state index contributed by atoms with van der Waals surface area (Å²) in [4.78, 5) is 23.8. The highest BCUT2D eigenvalue weighted by Crippen LogP contribution is 2.43. The van der Waals surface area contributed by atoms with Crippen LogP contribution in [0.4, 0.5) is 0 Å². The van der Waals surface area contributed by atoms with Gasteiger partial charge in [-0.3, -0.25) is 14.3 Å². The maximum Gasteiger partial charge on any atom is 0.248 e. The van der Waals surface area contributed by atoms with Gasteiger partial charge in [-0.1, -0.05) is 76.8 Å². The first-order chi connectivity index (χ1) is 20.7. The van der Waals surface area contributed by atoms with Gasteiger partial charge in [-0.15, -0.1) is 4.68 Å². The molecule has 1 atom stereocenters. The van der Waals surface area contributed by atoms with Crippen molar-refractivity contribution in [2.75, 3.05) is 0 Å². The molecule has 0 aliphatic heterocycles. The first-order valence-electron chi connectivity index (χ1n) is 14.4. The van der Waals surface area contributed by atoms with Crippen LogP contribution in [0.5, 0.6) is 0 Å². The molecule has 0 saturated carbocycles. The zero-order valence-electron chi connectivity index (χ0n) is 24.3. The predicted molar refractivity (Wildman–Crippen MR) is 171 cm³/mol. The summed E-state index contributed by atoms with van der Waals surface area (Å²) in [5.74, 6) is -0.0496. The molecule has 2 heterocycles. The number of rotatable bonds is 8. The van der Waals surface area contributed by atoms with E-state index < -0.39 is 0 Å². The Hall–Kier alpha value is -3.45. The van der Waals surface area contributed by atoms with Gasteiger partial charge < -0.3 is 0 Å². The van der Waals surface area contributed by atoms with Gasteiger partial charge in [-0.2, -0.15) is 9.78 Å². The lowest BCUT2D eigenvalue weighted by Crippen LogP contribution is -2.41. The summed E-state index contributed by atoms with van der Waals surface area (Å²) >= 11 is 20.6. The normalized spacial score (nSPS) is 15.4. The third kappa shape index (κ3) is 5.09. The van der Waals surface area contributed by atoms with E-state index in [0.29, 0.717) is 58.5 Å². The van der Waals surface area contributed by atoms with Crippen LogP contribution in [0.2, 0.25) is 5.02 Å². The number of aldehydes is 2. The average Bonchev–Trinajstić information content (AvgIpc) is 3.49. The third-order valence-corrected chi connectivity index (χ3v) is 9.97. The van der Waals surface area contributed by atoms with E-state index in [4.69, 9.17) is 39.9 Å². The molecule has 1 unspecified atom stereocenters. The highest BCUT2D eigenvalue weighted by Gasteiger charge is 2.37. The van der Waals surface area contributed by atoms with Crippen molar-refractivity contribution in [3.8, 4) is 11.3 Å². The maximum absolute atomic E-state index is 11.9. The number of hydrogen-bond donors (Lipinski definition) is 0. The molecular formula is C34H32Cl3N4O2+. The minimum absolute atomic E-state index is 0.0496. The molecule has 2 aromatic carbocycles. The van der Waals surface area contributed by atoms with Crippen LogP contribution in [-0.4, -0.2) is 27.0 Å². The van der Waals surface area contributed by atoms with Crippen molar-refractivity contribution in [1.82, 2.24) is 14.5 Å². The van der Waals surface area contributed by atoms with Crippen molar-refractivity contribution in [3.05, 3.63) is 104 Å². The second kappa shape index (κ2) is 11.9. The molecule has 0 spiro atoms.